The fourth-order valence-electron chi connectivity index (χ4n) is 5.00. The average Bonchev–Trinajstić information content (AvgIpc) is 3.53. The molecule has 0 spiro atoms. The summed E-state index contributed by atoms with van der Waals surface area (Å²) >= 11 is 0. The van der Waals surface area contributed by atoms with E-state index in [0.29, 0.717) is 41.9 Å². The number of aromatic nitrogens is 2. The number of nitriles is 1. The summed E-state index contributed by atoms with van der Waals surface area (Å²) in [6.07, 6.45) is 4.85. The fourth-order valence-corrected chi connectivity index (χ4v) is 5.00. The standard InChI is InChI=1S/C31H29FN6O3/c32-22-10-8-20(9-11-22)15-27(30(34)39)38-31(40)24-3-1-2-23-25(12-13-41-29(23)24)37-26(28-17-35-18-36-28)14-19-4-6-21(16-33)7-5-19/h1-11,17-18,25-27,37H,12-15H2,(H2,34,39)(H,35,36)(H,38,40)/t25?,26?,27-/m0/s1. The van der Waals surface area contributed by atoms with Gasteiger partial charge in [-0.3, -0.25) is 9.59 Å². The molecule has 3 atom stereocenters. The van der Waals surface area contributed by atoms with Gasteiger partial charge in [0.15, 0.2) is 0 Å². The summed E-state index contributed by atoms with van der Waals surface area (Å²) in [6.45, 7) is 0.385. The molecule has 2 heterocycles. The van der Waals surface area contributed by atoms with E-state index in [1.54, 1.807) is 48.9 Å². The maximum atomic E-state index is 13.4. The quantitative estimate of drug-likeness (QED) is 0.236. The number of fused-ring (bicyclic) bond motifs is 1. The van der Waals surface area contributed by atoms with Gasteiger partial charge in [-0.2, -0.15) is 5.26 Å². The highest BCUT2D eigenvalue weighted by atomic mass is 19.1. The van der Waals surface area contributed by atoms with Crippen LogP contribution in [0.1, 0.15) is 56.8 Å². The number of primary amides is 1. The Morgan fingerprint density at radius 3 is 2.51 bits per heavy atom. The maximum absolute atomic E-state index is 13.4. The zero-order valence-corrected chi connectivity index (χ0v) is 22.1. The predicted molar refractivity (Wildman–Crippen MR) is 149 cm³/mol. The molecule has 10 heteroatoms. The van der Waals surface area contributed by atoms with Gasteiger partial charge in [0.1, 0.15) is 17.6 Å². The number of aromatic amines is 1. The number of hydrogen-bond donors (Lipinski definition) is 4. The Labute approximate surface area is 236 Å². The van der Waals surface area contributed by atoms with Gasteiger partial charge in [0, 0.05) is 30.6 Å². The van der Waals surface area contributed by atoms with Gasteiger partial charge in [0.2, 0.25) is 5.91 Å². The molecule has 0 aliphatic carbocycles. The van der Waals surface area contributed by atoms with Crippen LogP contribution in [0.15, 0.2) is 79.3 Å². The summed E-state index contributed by atoms with van der Waals surface area (Å²) in [6, 6.07) is 19.4. The molecule has 0 fully saturated rings. The fraction of sp³-hybridized carbons (Fsp3) is 0.226. The first-order valence-electron chi connectivity index (χ1n) is 13.2. The second-order valence-corrected chi connectivity index (χ2v) is 9.91. The summed E-state index contributed by atoms with van der Waals surface area (Å²) in [5.41, 5.74) is 9.92. The minimum atomic E-state index is -0.987. The number of benzene rings is 3. The van der Waals surface area contributed by atoms with Crippen molar-refractivity contribution in [3.8, 4) is 11.8 Å². The number of halogens is 1. The van der Waals surface area contributed by atoms with Crippen molar-refractivity contribution in [2.45, 2.75) is 37.4 Å². The number of nitrogens with two attached hydrogens (primary N) is 1. The van der Waals surface area contributed by atoms with Crippen LogP contribution in [0.2, 0.25) is 0 Å². The van der Waals surface area contributed by atoms with Crippen molar-refractivity contribution in [2.75, 3.05) is 6.61 Å². The maximum Gasteiger partial charge on any atom is 0.255 e. The van der Waals surface area contributed by atoms with E-state index in [0.717, 1.165) is 16.8 Å². The van der Waals surface area contributed by atoms with Gasteiger partial charge in [0.05, 0.1) is 41.9 Å². The van der Waals surface area contributed by atoms with Crippen molar-refractivity contribution in [3.05, 3.63) is 119 Å². The third-order valence-corrected chi connectivity index (χ3v) is 7.14. The summed E-state index contributed by atoms with van der Waals surface area (Å²) in [5.74, 6) is -1.13. The third-order valence-electron chi connectivity index (χ3n) is 7.14. The molecule has 1 aromatic heterocycles. The zero-order chi connectivity index (χ0) is 28.8. The highest BCUT2D eigenvalue weighted by Crippen LogP contribution is 2.37. The molecule has 208 valence electrons. The van der Waals surface area contributed by atoms with E-state index in [1.807, 2.05) is 18.2 Å². The number of carbonyl (C=O) groups is 2. The van der Waals surface area contributed by atoms with E-state index in [1.165, 1.54) is 12.1 Å². The highest BCUT2D eigenvalue weighted by molar-refractivity contribution is 6.00. The first kappa shape index (κ1) is 27.6. The van der Waals surface area contributed by atoms with Crippen molar-refractivity contribution in [3.63, 3.8) is 0 Å². The molecule has 5 N–H and O–H groups in total. The number of imidazole rings is 1. The SMILES string of the molecule is N#Cc1ccc(CC(NC2CCOc3c(C(=O)N[C@@H](Cc4ccc(F)cc4)C(N)=O)cccc32)c2cnc[nH]2)cc1. The Hall–Kier alpha value is -5.01. The lowest BCUT2D eigenvalue weighted by Crippen LogP contribution is -2.46. The van der Waals surface area contributed by atoms with Crippen molar-refractivity contribution in [1.29, 1.82) is 5.26 Å². The van der Waals surface area contributed by atoms with E-state index in [-0.39, 0.29) is 18.5 Å². The van der Waals surface area contributed by atoms with Crippen molar-refractivity contribution >= 4 is 11.8 Å². The van der Waals surface area contributed by atoms with Gasteiger partial charge in [-0.25, -0.2) is 9.37 Å². The molecule has 0 bridgehead atoms. The Balaban J connectivity index is 1.36. The lowest BCUT2D eigenvalue weighted by molar-refractivity contribution is -0.119. The molecule has 1 aliphatic heterocycles. The minimum Gasteiger partial charge on any atom is -0.492 e. The Kier molecular flexibility index (Phi) is 8.36. The lowest BCUT2D eigenvalue weighted by Gasteiger charge is -2.31. The van der Waals surface area contributed by atoms with E-state index < -0.39 is 23.7 Å². The monoisotopic (exact) mass is 552 g/mol. The highest BCUT2D eigenvalue weighted by Gasteiger charge is 2.30. The van der Waals surface area contributed by atoms with E-state index >= 15 is 0 Å². The van der Waals surface area contributed by atoms with Crippen LogP contribution in [0.3, 0.4) is 0 Å². The lowest BCUT2D eigenvalue weighted by atomic mass is 9.94. The van der Waals surface area contributed by atoms with Crippen molar-refractivity contribution < 1.29 is 18.7 Å². The van der Waals surface area contributed by atoms with Crippen LogP contribution in [-0.4, -0.2) is 34.4 Å². The summed E-state index contributed by atoms with van der Waals surface area (Å²) < 4.78 is 19.3. The minimum absolute atomic E-state index is 0.128. The molecule has 3 aromatic carbocycles. The normalized spacial score (nSPS) is 15.6. The first-order valence-corrected chi connectivity index (χ1v) is 13.2. The van der Waals surface area contributed by atoms with Crippen LogP contribution >= 0.6 is 0 Å². The zero-order valence-electron chi connectivity index (χ0n) is 22.1. The number of nitrogens with one attached hydrogen (secondary N) is 3. The van der Waals surface area contributed by atoms with Gasteiger partial charge in [0.25, 0.3) is 5.91 Å². The second-order valence-electron chi connectivity index (χ2n) is 9.91. The summed E-state index contributed by atoms with van der Waals surface area (Å²) in [4.78, 5) is 32.9. The Morgan fingerprint density at radius 2 is 1.83 bits per heavy atom. The van der Waals surface area contributed by atoms with E-state index in [4.69, 9.17) is 15.7 Å². The summed E-state index contributed by atoms with van der Waals surface area (Å²) in [7, 11) is 0. The molecule has 41 heavy (non-hydrogen) atoms. The van der Waals surface area contributed by atoms with E-state index in [9.17, 15) is 14.0 Å². The molecule has 2 unspecified atom stereocenters. The number of rotatable bonds is 10. The van der Waals surface area contributed by atoms with Crippen LogP contribution in [-0.2, 0) is 17.6 Å². The molecule has 0 saturated heterocycles. The molecule has 0 saturated carbocycles. The van der Waals surface area contributed by atoms with Gasteiger partial charge in [-0.05, 0) is 47.9 Å². The van der Waals surface area contributed by atoms with Gasteiger partial charge in [-0.15, -0.1) is 0 Å². The molecule has 0 radical (unpaired) electrons. The molecule has 9 nitrogen and oxygen atoms in total. The average molecular weight is 553 g/mol. The number of hydrogen-bond acceptors (Lipinski definition) is 6. The predicted octanol–water partition coefficient (Wildman–Crippen LogP) is 3.64. The van der Waals surface area contributed by atoms with Gasteiger partial charge >= 0.3 is 0 Å². The smallest absolute Gasteiger partial charge is 0.255 e. The van der Waals surface area contributed by atoms with Crippen LogP contribution in [0.5, 0.6) is 5.75 Å². The van der Waals surface area contributed by atoms with Crippen LogP contribution in [0, 0.1) is 17.1 Å². The topological polar surface area (TPSA) is 146 Å². The molecular weight excluding hydrogens is 523 g/mol. The first-order chi connectivity index (χ1) is 19.9. The number of nitrogens with zero attached hydrogens (tertiary/aromatic N) is 2. The molecular formula is C31H29FN6O3. The largest absolute Gasteiger partial charge is 0.492 e. The van der Waals surface area contributed by atoms with Crippen molar-refractivity contribution in [1.82, 2.24) is 20.6 Å². The van der Waals surface area contributed by atoms with Crippen LogP contribution in [0.4, 0.5) is 4.39 Å². The number of amides is 2. The third kappa shape index (κ3) is 6.59. The Morgan fingerprint density at radius 1 is 1.10 bits per heavy atom. The van der Waals surface area contributed by atoms with Crippen LogP contribution in [0.25, 0.3) is 0 Å². The number of ether oxygens (including phenoxy) is 1. The molecule has 5 rings (SSSR count). The summed E-state index contributed by atoms with van der Waals surface area (Å²) in [5, 5.41) is 15.6. The van der Waals surface area contributed by atoms with E-state index in [2.05, 4.69) is 26.7 Å². The van der Waals surface area contributed by atoms with Gasteiger partial charge < -0.3 is 26.1 Å². The molecule has 2 amide bonds. The van der Waals surface area contributed by atoms with Gasteiger partial charge in [-0.1, -0.05) is 36.4 Å². The number of H-pyrrole nitrogens is 1. The second kappa shape index (κ2) is 12.4. The molecule has 1 aliphatic rings. The number of para-hydroxylation sites is 1. The Bertz CT molecular complexity index is 1550. The van der Waals surface area contributed by atoms with Crippen molar-refractivity contribution in [2.24, 2.45) is 5.73 Å². The number of carbonyl (C=O) groups excluding carboxylic acids is 2. The molecule has 4 aromatic rings. The van der Waals surface area contributed by atoms with Crippen LogP contribution < -0.4 is 21.1 Å².